The van der Waals surface area contributed by atoms with Crippen LogP contribution < -0.4 is 5.73 Å². The lowest BCUT2D eigenvalue weighted by Gasteiger charge is -2.31. The number of aromatic nitrogens is 2. The molecule has 1 aliphatic rings. The Kier molecular flexibility index (Phi) is 9.11. The summed E-state index contributed by atoms with van der Waals surface area (Å²) in [7, 11) is 1.49. The fraction of sp³-hybridized carbons (Fsp3) is 0.357. The molecule has 1 radical (unpaired) electrons. The maximum absolute atomic E-state index is 15.0. The van der Waals surface area contributed by atoms with E-state index in [4.69, 9.17) is 5.73 Å². The fourth-order valence-electron chi connectivity index (χ4n) is 5.03. The smallest absolute Gasteiger partial charge is 0.369 e. The molecule has 1 amide bonds. The normalized spacial score (nSPS) is 14.8. The van der Waals surface area contributed by atoms with Crippen molar-refractivity contribution in [2.75, 3.05) is 13.1 Å². The second-order valence-electron chi connectivity index (χ2n) is 9.68. The molecule has 1 saturated heterocycles. The number of primary amides is 1. The van der Waals surface area contributed by atoms with Gasteiger partial charge >= 0.3 is 6.18 Å². The molecule has 2 heterocycles. The maximum atomic E-state index is 15.0. The van der Waals surface area contributed by atoms with Crippen LogP contribution in [0.3, 0.4) is 0 Å². The molecule has 2 aromatic carbocycles. The molecule has 1 fully saturated rings. The molecular weight excluding hydrogens is 511 g/mol. The molecule has 1 aliphatic heterocycles. The first-order chi connectivity index (χ1) is 18.6. The zero-order chi connectivity index (χ0) is 28.0. The number of hydrogen-bond acceptors (Lipinski definition) is 5. The summed E-state index contributed by atoms with van der Waals surface area (Å²) in [6.07, 6.45) is -1.39. The molecule has 0 bridgehead atoms. The third-order valence-electron chi connectivity index (χ3n) is 7.01. The average molecular weight is 539 g/mol. The summed E-state index contributed by atoms with van der Waals surface area (Å²) in [5.41, 5.74) is 6.76. The largest absolute Gasteiger partial charge is 0.419 e. The number of carbonyl (C=O) groups is 2. The Morgan fingerprint density at radius 1 is 1.10 bits per heavy atom. The number of nitrogens with two attached hydrogens (primary N) is 1. The molecule has 11 heteroatoms. The fourth-order valence-corrected chi connectivity index (χ4v) is 5.03. The van der Waals surface area contributed by atoms with Crippen molar-refractivity contribution in [3.05, 3.63) is 93.8 Å². The van der Waals surface area contributed by atoms with E-state index in [1.54, 1.807) is 36.4 Å². The van der Waals surface area contributed by atoms with E-state index in [1.165, 1.54) is 13.5 Å². The Morgan fingerprint density at radius 3 is 2.46 bits per heavy atom. The molecule has 0 saturated carbocycles. The molecule has 6 nitrogen and oxygen atoms in total. The van der Waals surface area contributed by atoms with Crippen molar-refractivity contribution in [3.63, 3.8) is 0 Å². The average Bonchev–Trinajstić information content (AvgIpc) is 2.88. The molecule has 203 valence electrons. The van der Waals surface area contributed by atoms with Crippen molar-refractivity contribution in [1.82, 2.24) is 14.8 Å². The van der Waals surface area contributed by atoms with Gasteiger partial charge in [-0.2, -0.15) is 13.2 Å². The Balaban J connectivity index is 1.50. The Bertz CT molecular complexity index is 1330. The number of piperidine rings is 1. The van der Waals surface area contributed by atoms with Gasteiger partial charge in [0.2, 0.25) is 5.91 Å². The number of benzene rings is 2. The van der Waals surface area contributed by atoms with Gasteiger partial charge in [0.25, 0.3) is 7.41 Å². The van der Waals surface area contributed by atoms with E-state index >= 15 is 4.39 Å². The van der Waals surface area contributed by atoms with Crippen molar-refractivity contribution < 1.29 is 27.2 Å². The van der Waals surface area contributed by atoms with Crippen molar-refractivity contribution in [2.45, 2.75) is 50.6 Å². The first-order valence-corrected chi connectivity index (χ1v) is 12.7. The van der Waals surface area contributed by atoms with Gasteiger partial charge in [-0.1, -0.05) is 36.4 Å². The van der Waals surface area contributed by atoms with Crippen LogP contribution in [0.2, 0.25) is 0 Å². The number of halogens is 4. The third kappa shape index (κ3) is 7.50. The highest BCUT2D eigenvalue weighted by Crippen LogP contribution is 2.33. The van der Waals surface area contributed by atoms with Crippen LogP contribution in [0.1, 0.15) is 58.1 Å². The van der Waals surface area contributed by atoms with E-state index < -0.39 is 17.6 Å². The molecule has 0 spiro atoms. The van der Waals surface area contributed by atoms with Crippen molar-refractivity contribution >= 4 is 19.5 Å². The molecule has 2 N–H and O–H groups in total. The molecule has 39 heavy (non-hydrogen) atoms. The summed E-state index contributed by atoms with van der Waals surface area (Å²) in [6, 6.07) is 11.8. The minimum Gasteiger partial charge on any atom is -0.369 e. The second kappa shape index (κ2) is 12.5. The van der Waals surface area contributed by atoms with E-state index in [1.807, 2.05) is 4.81 Å². The van der Waals surface area contributed by atoms with Crippen LogP contribution in [0.25, 0.3) is 0 Å². The topological polar surface area (TPSA) is 89.2 Å². The predicted octanol–water partition coefficient (Wildman–Crippen LogP) is 4.03. The molecule has 4 rings (SSSR count). The lowest BCUT2D eigenvalue weighted by molar-refractivity contribution is -0.138. The van der Waals surface area contributed by atoms with Crippen LogP contribution in [-0.4, -0.2) is 47.4 Å². The SMILES string of the molecule is NC(=O)Cc1ccccc1CCc1nc(Cc2ccc(C3CCN([B]C=O)CC3)c(F)c2)ncc1C(F)(F)F. The number of rotatable bonds is 10. The van der Waals surface area contributed by atoms with Gasteiger partial charge in [0, 0.05) is 12.6 Å². The highest BCUT2D eigenvalue weighted by atomic mass is 19.4. The van der Waals surface area contributed by atoms with Gasteiger partial charge in [-0.05, 0) is 73.0 Å². The second-order valence-corrected chi connectivity index (χ2v) is 9.68. The quantitative estimate of drug-likeness (QED) is 0.239. The monoisotopic (exact) mass is 539 g/mol. The molecule has 0 atom stereocenters. The Hall–Kier alpha value is -3.60. The van der Waals surface area contributed by atoms with E-state index in [9.17, 15) is 22.8 Å². The van der Waals surface area contributed by atoms with Crippen molar-refractivity contribution in [3.8, 4) is 0 Å². The van der Waals surface area contributed by atoms with Crippen LogP contribution in [0.5, 0.6) is 0 Å². The van der Waals surface area contributed by atoms with E-state index in [2.05, 4.69) is 9.97 Å². The van der Waals surface area contributed by atoms with E-state index in [0.29, 0.717) is 42.6 Å². The zero-order valence-electron chi connectivity index (χ0n) is 21.3. The summed E-state index contributed by atoms with van der Waals surface area (Å²) in [4.78, 5) is 32.1. The van der Waals surface area contributed by atoms with E-state index in [-0.39, 0.29) is 48.9 Å². The lowest BCUT2D eigenvalue weighted by Crippen LogP contribution is -2.36. The highest BCUT2D eigenvalue weighted by Gasteiger charge is 2.35. The van der Waals surface area contributed by atoms with Gasteiger partial charge in [-0.25, -0.2) is 14.4 Å². The molecule has 3 aromatic rings. The Morgan fingerprint density at radius 2 is 1.82 bits per heavy atom. The van der Waals surface area contributed by atoms with Crippen molar-refractivity contribution in [2.24, 2.45) is 5.73 Å². The van der Waals surface area contributed by atoms with Gasteiger partial charge in [0.05, 0.1) is 23.9 Å². The number of aryl methyl sites for hydroxylation is 2. The van der Waals surface area contributed by atoms with Gasteiger partial charge in [-0.3, -0.25) is 4.79 Å². The predicted molar refractivity (Wildman–Crippen MR) is 139 cm³/mol. The molecule has 1 aromatic heterocycles. The summed E-state index contributed by atoms with van der Waals surface area (Å²) in [6.45, 7) is 1.33. The summed E-state index contributed by atoms with van der Waals surface area (Å²) in [5, 5.41) is 0. The molecule has 0 unspecified atom stereocenters. The van der Waals surface area contributed by atoms with Gasteiger partial charge in [0.15, 0.2) is 0 Å². The van der Waals surface area contributed by atoms with Crippen molar-refractivity contribution in [1.29, 1.82) is 0 Å². The van der Waals surface area contributed by atoms with Gasteiger partial charge in [-0.15, -0.1) is 0 Å². The molecular formula is C28H28BF4N4O2. The molecule has 0 aliphatic carbocycles. The summed E-state index contributed by atoms with van der Waals surface area (Å²) in [5.74, 6) is -0.707. The van der Waals surface area contributed by atoms with E-state index in [0.717, 1.165) is 17.9 Å². The van der Waals surface area contributed by atoms with Crippen LogP contribution in [0.15, 0.2) is 48.7 Å². The number of alkyl halides is 3. The summed E-state index contributed by atoms with van der Waals surface area (Å²) >= 11 is 0. The standard InChI is InChI=1S/C28H28BF4N4O2/c30-24-13-18(5-7-22(24)20-9-11-37(12-10-20)29-17-38)14-27-35-16-23(28(31,32)33)25(36-27)8-6-19-3-1-2-4-21(19)15-26(34)39/h1-5,7,13,16-17,20H,6,8-12,14-15H2,(H2,34,39). The van der Waals surface area contributed by atoms with Gasteiger partial charge < -0.3 is 15.3 Å². The maximum Gasteiger partial charge on any atom is 0.419 e. The minimum atomic E-state index is -4.63. The Labute approximate surface area is 224 Å². The van der Waals surface area contributed by atoms with Crippen LogP contribution >= 0.6 is 0 Å². The number of nitrogens with zero attached hydrogens (tertiary/aromatic N) is 3. The zero-order valence-corrected chi connectivity index (χ0v) is 21.3. The minimum absolute atomic E-state index is 0.00478. The highest BCUT2D eigenvalue weighted by molar-refractivity contribution is 6.64. The number of carbonyl (C=O) groups excluding carboxylic acids is 2. The number of amides is 1. The first kappa shape index (κ1) is 28.4. The third-order valence-corrected chi connectivity index (χ3v) is 7.01. The van der Waals surface area contributed by atoms with Gasteiger partial charge in [0.1, 0.15) is 11.6 Å². The van der Waals surface area contributed by atoms with Crippen LogP contribution in [0.4, 0.5) is 17.6 Å². The summed E-state index contributed by atoms with van der Waals surface area (Å²) < 4.78 is 56.2. The lowest BCUT2D eigenvalue weighted by atomic mass is 9.83. The van der Waals surface area contributed by atoms with Crippen LogP contribution in [0, 0.1) is 5.82 Å². The first-order valence-electron chi connectivity index (χ1n) is 12.7. The van der Waals surface area contributed by atoms with Crippen LogP contribution in [-0.2, 0) is 41.4 Å². The number of hydrogen-bond donors (Lipinski definition) is 1.